The zero-order valence-corrected chi connectivity index (χ0v) is 12.1. The first-order valence-corrected chi connectivity index (χ1v) is 7.46. The molecule has 2 nitrogen and oxygen atoms in total. The number of anilines is 1. The van der Waals surface area contributed by atoms with E-state index < -0.39 is 22.4 Å². The van der Waals surface area contributed by atoms with Gasteiger partial charge in [0.15, 0.2) is 0 Å². The molecule has 0 aliphatic rings. The lowest BCUT2D eigenvalue weighted by Crippen LogP contribution is -2.02. The molecule has 1 unspecified atom stereocenters. The molecule has 2 aromatic rings. The predicted molar refractivity (Wildman–Crippen MR) is 75.0 cm³/mol. The molecule has 0 aliphatic carbocycles. The van der Waals surface area contributed by atoms with Crippen molar-refractivity contribution in [2.45, 2.75) is 10.6 Å². The molecule has 2 N–H and O–H groups in total. The standard InChI is InChI=1S/C13H10BrF2NOS/c14-13-8(2-1-3-10(13)16)7-19(18)12-5-4-9(15)6-11(12)17/h1-6H,7,17H2. The van der Waals surface area contributed by atoms with Crippen LogP contribution in [-0.2, 0) is 16.6 Å². The number of hydrogen-bond acceptors (Lipinski definition) is 2. The maximum atomic E-state index is 13.3. The molecule has 0 amide bonds. The molecule has 2 aromatic carbocycles. The molecule has 0 saturated heterocycles. The van der Waals surface area contributed by atoms with E-state index in [-0.39, 0.29) is 15.9 Å². The topological polar surface area (TPSA) is 43.1 Å². The molecule has 0 fully saturated rings. The van der Waals surface area contributed by atoms with E-state index in [9.17, 15) is 13.0 Å². The van der Waals surface area contributed by atoms with Crippen molar-refractivity contribution >= 4 is 32.4 Å². The fourth-order valence-corrected chi connectivity index (χ4v) is 3.42. The number of rotatable bonds is 3. The van der Waals surface area contributed by atoms with Gasteiger partial charge < -0.3 is 5.73 Å². The summed E-state index contributed by atoms with van der Waals surface area (Å²) in [5, 5.41) is 0. The van der Waals surface area contributed by atoms with Gasteiger partial charge in [-0.25, -0.2) is 8.78 Å². The molecule has 0 heterocycles. The first kappa shape index (κ1) is 14.1. The van der Waals surface area contributed by atoms with Gasteiger partial charge in [0.1, 0.15) is 11.6 Å². The number of nitrogens with two attached hydrogens (primary N) is 1. The molecule has 6 heteroatoms. The van der Waals surface area contributed by atoms with Gasteiger partial charge in [-0.1, -0.05) is 12.1 Å². The largest absolute Gasteiger partial charge is 0.398 e. The van der Waals surface area contributed by atoms with Crippen molar-refractivity contribution in [3.63, 3.8) is 0 Å². The summed E-state index contributed by atoms with van der Waals surface area (Å²) in [6.45, 7) is 0. The third-order valence-electron chi connectivity index (χ3n) is 2.54. The summed E-state index contributed by atoms with van der Waals surface area (Å²) in [5.41, 5.74) is 6.33. The van der Waals surface area contributed by atoms with Crippen LogP contribution >= 0.6 is 15.9 Å². The summed E-state index contributed by atoms with van der Waals surface area (Å²) < 4.78 is 38.7. The van der Waals surface area contributed by atoms with E-state index in [0.717, 1.165) is 6.07 Å². The Hall–Kier alpha value is -1.27. The van der Waals surface area contributed by atoms with E-state index in [1.807, 2.05) is 0 Å². The second-order valence-electron chi connectivity index (χ2n) is 3.88. The zero-order chi connectivity index (χ0) is 14.0. The van der Waals surface area contributed by atoms with Crippen LogP contribution in [0.3, 0.4) is 0 Å². The lowest BCUT2D eigenvalue weighted by molar-refractivity contribution is 0.619. The van der Waals surface area contributed by atoms with E-state index >= 15 is 0 Å². The Morgan fingerprint density at radius 2 is 1.95 bits per heavy atom. The summed E-state index contributed by atoms with van der Waals surface area (Å²) in [4.78, 5) is 0.345. The Balaban J connectivity index is 2.28. The molecule has 19 heavy (non-hydrogen) atoms. The molecule has 0 spiro atoms. The van der Waals surface area contributed by atoms with Crippen molar-refractivity contribution in [2.24, 2.45) is 0 Å². The lowest BCUT2D eigenvalue weighted by atomic mass is 10.2. The van der Waals surface area contributed by atoms with Gasteiger partial charge in [-0.15, -0.1) is 0 Å². The fourth-order valence-electron chi connectivity index (χ4n) is 1.61. The van der Waals surface area contributed by atoms with Crippen molar-refractivity contribution in [3.05, 3.63) is 58.1 Å². The van der Waals surface area contributed by atoms with Crippen molar-refractivity contribution in [1.29, 1.82) is 0 Å². The minimum atomic E-state index is -1.46. The molecule has 0 aromatic heterocycles. The summed E-state index contributed by atoms with van der Waals surface area (Å²) in [7, 11) is -1.46. The lowest BCUT2D eigenvalue weighted by Gasteiger charge is -2.08. The molecule has 1 atom stereocenters. The number of nitrogen functional groups attached to an aromatic ring is 1. The van der Waals surface area contributed by atoms with Crippen LogP contribution < -0.4 is 5.73 Å². The van der Waals surface area contributed by atoms with Crippen LogP contribution in [0.25, 0.3) is 0 Å². The van der Waals surface area contributed by atoms with E-state index in [0.29, 0.717) is 10.5 Å². The average Bonchev–Trinajstić information content (AvgIpc) is 2.34. The Morgan fingerprint density at radius 3 is 2.63 bits per heavy atom. The van der Waals surface area contributed by atoms with Crippen molar-refractivity contribution in [1.82, 2.24) is 0 Å². The second-order valence-corrected chi connectivity index (χ2v) is 6.10. The van der Waals surface area contributed by atoms with E-state index in [1.165, 1.54) is 18.2 Å². The highest BCUT2D eigenvalue weighted by Crippen LogP contribution is 2.25. The van der Waals surface area contributed by atoms with E-state index in [1.54, 1.807) is 12.1 Å². The predicted octanol–water partition coefficient (Wildman–Crippen LogP) is 3.62. The van der Waals surface area contributed by atoms with Gasteiger partial charge in [-0.05, 0) is 45.8 Å². The monoisotopic (exact) mass is 345 g/mol. The molecular weight excluding hydrogens is 336 g/mol. The van der Waals surface area contributed by atoms with Crippen LogP contribution in [0.5, 0.6) is 0 Å². The Kier molecular flexibility index (Phi) is 4.31. The highest BCUT2D eigenvalue weighted by molar-refractivity contribution is 9.10. The summed E-state index contributed by atoms with van der Waals surface area (Å²) >= 11 is 3.11. The van der Waals surface area contributed by atoms with Gasteiger partial charge >= 0.3 is 0 Å². The van der Waals surface area contributed by atoms with Crippen LogP contribution in [-0.4, -0.2) is 4.21 Å². The van der Waals surface area contributed by atoms with Crippen LogP contribution in [0.2, 0.25) is 0 Å². The molecular formula is C13H10BrF2NOS. The fraction of sp³-hybridized carbons (Fsp3) is 0.0769. The molecule has 2 rings (SSSR count). The summed E-state index contributed by atoms with van der Waals surface area (Å²) in [6.07, 6.45) is 0. The molecule has 0 bridgehead atoms. The van der Waals surface area contributed by atoms with Gasteiger partial charge in [-0.2, -0.15) is 0 Å². The minimum Gasteiger partial charge on any atom is -0.398 e. The van der Waals surface area contributed by atoms with Gasteiger partial charge in [0, 0.05) is 0 Å². The smallest absolute Gasteiger partial charge is 0.137 e. The van der Waals surface area contributed by atoms with Gasteiger partial charge in [0.25, 0.3) is 0 Å². The quantitative estimate of drug-likeness (QED) is 0.863. The minimum absolute atomic E-state index is 0.105. The Labute approximate surface area is 120 Å². The second kappa shape index (κ2) is 5.79. The average molecular weight is 346 g/mol. The van der Waals surface area contributed by atoms with Crippen LogP contribution in [0.4, 0.5) is 14.5 Å². The number of halogens is 3. The highest BCUT2D eigenvalue weighted by Gasteiger charge is 2.13. The number of benzene rings is 2. The van der Waals surface area contributed by atoms with Gasteiger partial charge in [0.2, 0.25) is 0 Å². The van der Waals surface area contributed by atoms with Crippen LogP contribution in [0, 0.1) is 11.6 Å². The highest BCUT2D eigenvalue weighted by atomic mass is 79.9. The molecule has 0 radical (unpaired) electrons. The summed E-state index contributed by atoms with van der Waals surface area (Å²) in [6, 6.07) is 8.22. The first-order valence-electron chi connectivity index (χ1n) is 5.35. The third kappa shape index (κ3) is 3.19. The first-order chi connectivity index (χ1) is 8.99. The third-order valence-corrected chi connectivity index (χ3v) is 4.86. The van der Waals surface area contributed by atoms with Crippen molar-refractivity contribution in [2.75, 3.05) is 5.73 Å². The zero-order valence-electron chi connectivity index (χ0n) is 9.70. The van der Waals surface area contributed by atoms with E-state index in [2.05, 4.69) is 15.9 Å². The Morgan fingerprint density at radius 1 is 1.21 bits per heavy atom. The van der Waals surface area contributed by atoms with Crippen LogP contribution in [0.1, 0.15) is 5.56 Å². The van der Waals surface area contributed by atoms with Gasteiger partial charge in [-0.3, -0.25) is 4.21 Å². The maximum Gasteiger partial charge on any atom is 0.137 e. The maximum absolute atomic E-state index is 13.3. The number of hydrogen-bond donors (Lipinski definition) is 1. The van der Waals surface area contributed by atoms with Gasteiger partial charge in [0.05, 0.1) is 31.6 Å². The normalized spacial score (nSPS) is 12.4. The van der Waals surface area contributed by atoms with Crippen molar-refractivity contribution in [3.8, 4) is 0 Å². The molecule has 100 valence electrons. The SMILES string of the molecule is Nc1cc(F)ccc1S(=O)Cc1cccc(F)c1Br. The van der Waals surface area contributed by atoms with Crippen LogP contribution in [0.15, 0.2) is 45.8 Å². The Bertz CT molecular complexity index is 649. The molecule has 0 aliphatic heterocycles. The van der Waals surface area contributed by atoms with Crippen molar-refractivity contribution < 1.29 is 13.0 Å². The van der Waals surface area contributed by atoms with E-state index in [4.69, 9.17) is 5.73 Å². The summed E-state index contributed by atoms with van der Waals surface area (Å²) in [5.74, 6) is -0.791. The molecule has 0 saturated carbocycles.